The monoisotopic (exact) mass is 384 g/mol. The number of hydrogen-bond donors (Lipinski definition) is 1. The lowest BCUT2D eigenvalue weighted by Gasteiger charge is -2.19. The molecule has 2 aromatic rings. The minimum absolute atomic E-state index is 0.0247. The largest absolute Gasteiger partial charge is 0.312 e. The van der Waals surface area contributed by atoms with Crippen molar-refractivity contribution in [1.82, 2.24) is 10.2 Å². The maximum atomic E-state index is 12.4. The Labute approximate surface area is 163 Å². The van der Waals surface area contributed by atoms with Crippen LogP contribution in [0.4, 0.5) is 10.8 Å². The molecule has 0 bridgehead atoms. The second kappa shape index (κ2) is 7.76. The number of amides is 2. The first-order valence-electron chi connectivity index (χ1n) is 9.61. The van der Waals surface area contributed by atoms with Crippen molar-refractivity contribution >= 4 is 34.0 Å². The molecule has 1 saturated heterocycles. The lowest BCUT2D eigenvalue weighted by atomic mass is 9.89. The minimum Gasteiger partial charge on any atom is -0.312 e. The van der Waals surface area contributed by atoms with Crippen molar-refractivity contribution in [2.45, 2.75) is 51.4 Å². The van der Waals surface area contributed by atoms with E-state index in [1.807, 2.05) is 36.1 Å². The summed E-state index contributed by atoms with van der Waals surface area (Å²) in [6.07, 6.45) is 5.82. The summed E-state index contributed by atoms with van der Waals surface area (Å²) in [6, 6.07) is 7.98. The third-order valence-corrected chi connectivity index (χ3v) is 6.47. The molecule has 1 unspecified atom stereocenters. The molecule has 6 nitrogen and oxygen atoms in total. The Balaban J connectivity index is 1.40. The van der Waals surface area contributed by atoms with Gasteiger partial charge in [0.25, 0.3) is 0 Å². The van der Waals surface area contributed by atoms with Crippen molar-refractivity contribution < 1.29 is 9.59 Å². The number of rotatable bonds is 4. The van der Waals surface area contributed by atoms with Gasteiger partial charge in [-0.1, -0.05) is 48.3 Å². The highest BCUT2D eigenvalue weighted by Crippen LogP contribution is 2.34. The van der Waals surface area contributed by atoms with Crippen LogP contribution in [0.1, 0.15) is 55.0 Å². The van der Waals surface area contributed by atoms with Gasteiger partial charge in [0.15, 0.2) is 0 Å². The van der Waals surface area contributed by atoms with Gasteiger partial charge >= 0.3 is 0 Å². The predicted octanol–water partition coefficient (Wildman–Crippen LogP) is 3.89. The quantitative estimate of drug-likeness (QED) is 0.868. The van der Waals surface area contributed by atoms with Gasteiger partial charge in [0.1, 0.15) is 5.01 Å². The first kappa shape index (κ1) is 18.1. The molecule has 1 aromatic heterocycles. The standard InChI is InChI=1S/C20H24N4O2S/c1-13-7-9-16(10-8-13)24-12-15(11-17(24)25)19-22-23-20(27-19)21-18(26)14-5-3-2-4-6-14/h7-10,14-15H,2-6,11-12H2,1H3,(H,21,23,26). The third-order valence-electron chi connectivity index (χ3n) is 5.47. The molecule has 2 aliphatic rings. The number of carbonyl (C=O) groups is 2. The fourth-order valence-corrected chi connectivity index (χ4v) is 4.71. The second-order valence-corrected chi connectivity index (χ2v) is 8.52. The highest BCUT2D eigenvalue weighted by Gasteiger charge is 2.34. The molecule has 1 atom stereocenters. The molecule has 4 rings (SSSR count). The Morgan fingerprint density at radius 3 is 2.63 bits per heavy atom. The van der Waals surface area contributed by atoms with E-state index in [9.17, 15) is 9.59 Å². The molecule has 0 spiro atoms. The number of aromatic nitrogens is 2. The molecular formula is C20H24N4O2S. The smallest absolute Gasteiger partial charge is 0.229 e. The molecule has 1 aliphatic heterocycles. The van der Waals surface area contributed by atoms with Crippen molar-refractivity contribution in [3.63, 3.8) is 0 Å². The van der Waals surface area contributed by atoms with E-state index in [1.165, 1.54) is 23.3 Å². The summed E-state index contributed by atoms with van der Waals surface area (Å²) < 4.78 is 0. The summed E-state index contributed by atoms with van der Waals surface area (Å²) in [5.41, 5.74) is 2.09. The van der Waals surface area contributed by atoms with Gasteiger partial charge in [-0.3, -0.25) is 9.59 Å². The number of hydrogen-bond acceptors (Lipinski definition) is 5. The average Bonchev–Trinajstić information content (AvgIpc) is 3.30. The molecule has 27 heavy (non-hydrogen) atoms. The molecule has 2 heterocycles. The van der Waals surface area contributed by atoms with E-state index < -0.39 is 0 Å². The van der Waals surface area contributed by atoms with Crippen LogP contribution in [-0.4, -0.2) is 28.6 Å². The first-order chi connectivity index (χ1) is 13.1. The number of benzene rings is 1. The van der Waals surface area contributed by atoms with E-state index in [1.54, 1.807) is 0 Å². The zero-order valence-electron chi connectivity index (χ0n) is 15.5. The van der Waals surface area contributed by atoms with Crippen molar-refractivity contribution in [3.05, 3.63) is 34.8 Å². The number of carbonyl (C=O) groups excluding carboxylic acids is 2. The van der Waals surface area contributed by atoms with E-state index >= 15 is 0 Å². The van der Waals surface area contributed by atoms with Crippen LogP contribution in [0.5, 0.6) is 0 Å². The van der Waals surface area contributed by atoms with Gasteiger partial charge in [-0.05, 0) is 31.9 Å². The summed E-state index contributed by atoms with van der Waals surface area (Å²) in [4.78, 5) is 26.6. The summed E-state index contributed by atoms with van der Waals surface area (Å²) in [5.74, 6) is 0.279. The van der Waals surface area contributed by atoms with Crippen LogP contribution in [0.2, 0.25) is 0 Å². The molecular weight excluding hydrogens is 360 g/mol. The van der Waals surface area contributed by atoms with E-state index in [-0.39, 0.29) is 23.7 Å². The Morgan fingerprint density at radius 1 is 1.15 bits per heavy atom. The van der Waals surface area contributed by atoms with Gasteiger partial charge in [-0.2, -0.15) is 0 Å². The molecule has 7 heteroatoms. The first-order valence-corrected chi connectivity index (χ1v) is 10.4. The topological polar surface area (TPSA) is 75.2 Å². The van der Waals surface area contributed by atoms with Gasteiger partial charge in [0.2, 0.25) is 16.9 Å². The molecule has 2 fully saturated rings. The maximum absolute atomic E-state index is 12.4. The SMILES string of the molecule is Cc1ccc(N2CC(c3nnc(NC(=O)C4CCCCC4)s3)CC2=O)cc1. The highest BCUT2D eigenvalue weighted by atomic mass is 32.1. The number of anilines is 2. The van der Waals surface area contributed by atoms with Crippen molar-refractivity contribution in [2.24, 2.45) is 5.92 Å². The maximum Gasteiger partial charge on any atom is 0.229 e. The molecule has 1 aliphatic carbocycles. The molecule has 142 valence electrons. The lowest BCUT2D eigenvalue weighted by Crippen LogP contribution is -2.24. The highest BCUT2D eigenvalue weighted by molar-refractivity contribution is 7.15. The summed E-state index contributed by atoms with van der Waals surface area (Å²) >= 11 is 1.39. The number of nitrogens with one attached hydrogen (secondary N) is 1. The zero-order chi connectivity index (χ0) is 18.8. The minimum atomic E-state index is 0.0247. The molecule has 1 saturated carbocycles. The van der Waals surface area contributed by atoms with Crippen LogP contribution in [-0.2, 0) is 9.59 Å². The van der Waals surface area contributed by atoms with Crippen LogP contribution in [0.15, 0.2) is 24.3 Å². The fraction of sp³-hybridized carbons (Fsp3) is 0.500. The zero-order valence-corrected chi connectivity index (χ0v) is 16.3. The molecule has 1 aromatic carbocycles. The molecule has 0 radical (unpaired) electrons. The second-order valence-electron chi connectivity index (χ2n) is 7.51. The van der Waals surface area contributed by atoms with Crippen LogP contribution >= 0.6 is 11.3 Å². The third kappa shape index (κ3) is 4.03. The average molecular weight is 385 g/mol. The Morgan fingerprint density at radius 2 is 1.89 bits per heavy atom. The lowest BCUT2D eigenvalue weighted by molar-refractivity contribution is -0.120. The predicted molar refractivity (Wildman–Crippen MR) is 106 cm³/mol. The van der Waals surface area contributed by atoms with Crippen LogP contribution in [0, 0.1) is 12.8 Å². The van der Waals surface area contributed by atoms with Gasteiger partial charge in [-0.25, -0.2) is 0 Å². The Bertz CT molecular complexity index is 827. The fourth-order valence-electron chi connectivity index (χ4n) is 3.87. The van der Waals surface area contributed by atoms with Gasteiger partial charge in [-0.15, -0.1) is 10.2 Å². The van der Waals surface area contributed by atoms with Crippen LogP contribution < -0.4 is 10.2 Å². The normalized spacial score (nSPS) is 20.9. The van der Waals surface area contributed by atoms with E-state index in [0.29, 0.717) is 18.1 Å². The van der Waals surface area contributed by atoms with E-state index in [4.69, 9.17) is 0 Å². The van der Waals surface area contributed by atoms with Crippen LogP contribution in [0.3, 0.4) is 0 Å². The van der Waals surface area contributed by atoms with Gasteiger partial charge in [0.05, 0.1) is 0 Å². The Kier molecular flexibility index (Phi) is 5.20. The van der Waals surface area contributed by atoms with E-state index in [0.717, 1.165) is 36.4 Å². The van der Waals surface area contributed by atoms with Gasteiger partial charge in [0, 0.05) is 30.5 Å². The van der Waals surface area contributed by atoms with Crippen molar-refractivity contribution in [1.29, 1.82) is 0 Å². The van der Waals surface area contributed by atoms with Crippen molar-refractivity contribution in [3.8, 4) is 0 Å². The number of aryl methyl sites for hydroxylation is 1. The Hall–Kier alpha value is -2.28. The summed E-state index contributed by atoms with van der Waals surface area (Å²) in [5, 5.41) is 12.7. The summed E-state index contributed by atoms with van der Waals surface area (Å²) in [6.45, 7) is 2.63. The van der Waals surface area contributed by atoms with Gasteiger partial charge < -0.3 is 10.2 Å². The van der Waals surface area contributed by atoms with Crippen molar-refractivity contribution in [2.75, 3.05) is 16.8 Å². The van der Waals surface area contributed by atoms with E-state index in [2.05, 4.69) is 15.5 Å². The van der Waals surface area contributed by atoms with Crippen LogP contribution in [0.25, 0.3) is 0 Å². The number of nitrogens with zero attached hydrogens (tertiary/aromatic N) is 3. The molecule has 1 N–H and O–H groups in total. The molecule has 2 amide bonds. The summed E-state index contributed by atoms with van der Waals surface area (Å²) in [7, 11) is 0.